The summed E-state index contributed by atoms with van der Waals surface area (Å²) in [4.78, 5) is 2.25. The van der Waals surface area contributed by atoms with Crippen LogP contribution in [0.4, 0.5) is 0 Å². The van der Waals surface area contributed by atoms with E-state index in [-0.39, 0.29) is 5.41 Å². The molecule has 0 fully saturated rings. The van der Waals surface area contributed by atoms with Crippen LogP contribution in [0.15, 0.2) is 12.3 Å². The summed E-state index contributed by atoms with van der Waals surface area (Å²) in [6.45, 7) is 15.2. The molecule has 0 atom stereocenters. The van der Waals surface area contributed by atoms with E-state index in [1.165, 1.54) is 5.70 Å². The van der Waals surface area contributed by atoms with Crippen molar-refractivity contribution in [3.63, 3.8) is 0 Å². The number of rotatable bonds is 4. The van der Waals surface area contributed by atoms with E-state index < -0.39 is 0 Å². The zero-order valence-corrected chi connectivity index (χ0v) is 9.44. The van der Waals surface area contributed by atoms with Crippen LogP contribution in [0.1, 0.15) is 41.0 Å². The van der Waals surface area contributed by atoms with Gasteiger partial charge in [-0.3, -0.25) is 0 Å². The van der Waals surface area contributed by atoms with Crippen LogP contribution in [-0.4, -0.2) is 18.0 Å². The first kappa shape index (κ1) is 11.5. The lowest BCUT2D eigenvalue weighted by Crippen LogP contribution is -2.32. The molecule has 0 spiro atoms. The molecule has 0 unspecified atom stereocenters. The molecule has 0 aliphatic carbocycles. The Balaban J connectivity index is 4.39. The van der Waals surface area contributed by atoms with Gasteiger partial charge >= 0.3 is 0 Å². The minimum absolute atomic E-state index is 0.235. The molecule has 0 aliphatic heterocycles. The predicted molar refractivity (Wildman–Crippen MR) is 56.1 cm³/mol. The number of allylic oxidation sites excluding steroid dienone is 1. The third-order valence-electron chi connectivity index (χ3n) is 2.87. The smallest absolute Gasteiger partial charge is 0.0227 e. The molecule has 1 heteroatoms. The van der Waals surface area contributed by atoms with Crippen LogP contribution in [0.2, 0.25) is 0 Å². The van der Waals surface area contributed by atoms with Crippen molar-refractivity contribution in [1.82, 2.24) is 4.90 Å². The summed E-state index contributed by atoms with van der Waals surface area (Å²) in [5, 5.41) is 0. The van der Waals surface area contributed by atoms with E-state index in [0.717, 1.165) is 6.42 Å². The minimum atomic E-state index is 0.235. The SMILES string of the molecule is C=C(N(C)C(C)C)C(C)(C)CC. The maximum Gasteiger partial charge on any atom is 0.0227 e. The third-order valence-corrected chi connectivity index (χ3v) is 2.87. The van der Waals surface area contributed by atoms with Crippen molar-refractivity contribution in [2.45, 2.75) is 47.1 Å². The maximum absolute atomic E-state index is 4.14. The van der Waals surface area contributed by atoms with Crippen molar-refractivity contribution < 1.29 is 0 Å². The Labute approximate surface area is 77.5 Å². The predicted octanol–water partition coefficient (Wildman–Crippen LogP) is 3.28. The molecule has 1 nitrogen and oxygen atoms in total. The van der Waals surface area contributed by atoms with Crippen molar-refractivity contribution >= 4 is 0 Å². The highest BCUT2D eigenvalue weighted by Crippen LogP contribution is 2.31. The Kier molecular flexibility index (Phi) is 3.82. The molecule has 0 N–H and O–H groups in total. The number of hydrogen-bond donors (Lipinski definition) is 0. The fourth-order valence-corrected chi connectivity index (χ4v) is 0.993. The van der Waals surface area contributed by atoms with Gasteiger partial charge in [0.2, 0.25) is 0 Å². The minimum Gasteiger partial charge on any atom is -0.375 e. The normalized spacial score (nSPS) is 11.9. The molecule has 12 heavy (non-hydrogen) atoms. The summed E-state index contributed by atoms with van der Waals surface area (Å²) in [7, 11) is 2.12. The summed E-state index contributed by atoms with van der Waals surface area (Å²) in [6.07, 6.45) is 1.14. The van der Waals surface area contributed by atoms with Gasteiger partial charge in [0.15, 0.2) is 0 Å². The summed E-state index contributed by atoms with van der Waals surface area (Å²) in [5.41, 5.74) is 1.47. The first-order valence-electron chi connectivity index (χ1n) is 4.75. The molecule has 0 saturated carbocycles. The monoisotopic (exact) mass is 169 g/mol. The molecular formula is C11H23N. The molecule has 0 rings (SSSR count). The van der Waals surface area contributed by atoms with E-state index in [1.807, 2.05) is 0 Å². The van der Waals surface area contributed by atoms with Crippen molar-refractivity contribution in [3.05, 3.63) is 12.3 Å². The van der Waals surface area contributed by atoms with E-state index in [4.69, 9.17) is 0 Å². The van der Waals surface area contributed by atoms with Gasteiger partial charge in [-0.15, -0.1) is 0 Å². The van der Waals surface area contributed by atoms with Gasteiger partial charge in [-0.2, -0.15) is 0 Å². The lowest BCUT2D eigenvalue weighted by atomic mass is 9.86. The van der Waals surface area contributed by atoms with Gasteiger partial charge in [0.25, 0.3) is 0 Å². The highest BCUT2D eigenvalue weighted by Gasteiger charge is 2.23. The van der Waals surface area contributed by atoms with Crippen LogP contribution in [0.5, 0.6) is 0 Å². The van der Waals surface area contributed by atoms with Crippen LogP contribution in [-0.2, 0) is 0 Å². The topological polar surface area (TPSA) is 3.24 Å². The second kappa shape index (κ2) is 3.97. The first-order valence-corrected chi connectivity index (χ1v) is 4.75. The molecule has 0 saturated heterocycles. The molecule has 0 aromatic rings. The quantitative estimate of drug-likeness (QED) is 0.624. The van der Waals surface area contributed by atoms with Gasteiger partial charge in [0.05, 0.1) is 0 Å². The van der Waals surface area contributed by atoms with Crippen LogP contribution in [0, 0.1) is 5.41 Å². The fraction of sp³-hybridized carbons (Fsp3) is 0.818. The molecule has 0 amide bonds. The summed E-state index contributed by atoms with van der Waals surface area (Å²) in [6, 6.07) is 0.545. The molecular weight excluding hydrogens is 146 g/mol. The second-order valence-electron chi connectivity index (χ2n) is 4.39. The van der Waals surface area contributed by atoms with Crippen molar-refractivity contribution in [2.75, 3.05) is 7.05 Å². The summed E-state index contributed by atoms with van der Waals surface area (Å²) >= 11 is 0. The van der Waals surface area contributed by atoms with E-state index in [9.17, 15) is 0 Å². The summed E-state index contributed by atoms with van der Waals surface area (Å²) < 4.78 is 0. The Morgan fingerprint density at radius 1 is 1.42 bits per heavy atom. The van der Waals surface area contributed by atoms with Gasteiger partial charge in [-0.05, 0) is 20.3 Å². The summed E-state index contributed by atoms with van der Waals surface area (Å²) in [5.74, 6) is 0. The van der Waals surface area contributed by atoms with E-state index >= 15 is 0 Å². The van der Waals surface area contributed by atoms with E-state index in [1.54, 1.807) is 0 Å². The molecule has 0 aromatic carbocycles. The van der Waals surface area contributed by atoms with Crippen molar-refractivity contribution in [3.8, 4) is 0 Å². The maximum atomic E-state index is 4.14. The van der Waals surface area contributed by atoms with Crippen LogP contribution in [0.3, 0.4) is 0 Å². The molecule has 72 valence electrons. The highest BCUT2D eigenvalue weighted by atomic mass is 15.1. The zero-order valence-electron chi connectivity index (χ0n) is 9.44. The molecule has 0 heterocycles. The van der Waals surface area contributed by atoms with Crippen LogP contribution < -0.4 is 0 Å². The largest absolute Gasteiger partial charge is 0.375 e. The van der Waals surface area contributed by atoms with Crippen molar-refractivity contribution in [1.29, 1.82) is 0 Å². The second-order valence-corrected chi connectivity index (χ2v) is 4.39. The van der Waals surface area contributed by atoms with E-state index in [2.05, 4.69) is 53.1 Å². The molecule has 0 radical (unpaired) electrons. The van der Waals surface area contributed by atoms with Crippen LogP contribution >= 0.6 is 0 Å². The van der Waals surface area contributed by atoms with Gasteiger partial charge in [0.1, 0.15) is 0 Å². The average molecular weight is 169 g/mol. The van der Waals surface area contributed by atoms with E-state index in [0.29, 0.717) is 6.04 Å². The van der Waals surface area contributed by atoms with Crippen molar-refractivity contribution in [2.24, 2.45) is 5.41 Å². The Morgan fingerprint density at radius 2 is 1.83 bits per heavy atom. The van der Waals surface area contributed by atoms with Gasteiger partial charge in [-0.1, -0.05) is 27.4 Å². The fourth-order valence-electron chi connectivity index (χ4n) is 0.993. The lowest BCUT2D eigenvalue weighted by Gasteiger charge is -2.36. The molecule has 0 aliphatic rings. The Hall–Kier alpha value is -0.460. The average Bonchev–Trinajstić information content (AvgIpc) is 2.01. The highest BCUT2D eigenvalue weighted by molar-refractivity contribution is 5.05. The van der Waals surface area contributed by atoms with Gasteiger partial charge in [0, 0.05) is 24.2 Å². The molecule has 0 bridgehead atoms. The Morgan fingerprint density at radius 3 is 2.08 bits per heavy atom. The number of hydrogen-bond acceptors (Lipinski definition) is 1. The number of nitrogens with zero attached hydrogens (tertiary/aromatic N) is 1. The molecule has 0 aromatic heterocycles. The lowest BCUT2D eigenvalue weighted by molar-refractivity contribution is 0.249. The first-order chi connectivity index (χ1) is 5.33. The standard InChI is InChI=1S/C11H23N/c1-8-11(5,6)10(4)12(7)9(2)3/h9H,4,8H2,1-3,5-7H3. The third kappa shape index (κ3) is 2.54. The zero-order chi connectivity index (χ0) is 9.94. The Bertz CT molecular complexity index is 156. The van der Waals surface area contributed by atoms with Crippen LogP contribution in [0.25, 0.3) is 0 Å². The van der Waals surface area contributed by atoms with Gasteiger partial charge in [-0.25, -0.2) is 0 Å². The van der Waals surface area contributed by atoms with Gasteiger partial charge < -0.3 is 4.90 Å².